The number of aryl methyl sites for hydroxylation is 2. The van der Waals surface area contributed by atoms with Crippen LogP contribution in [0.1, 0.15) is 98.6 Å². The van der Waals surface area contributed by atoms with E-state index in [2.05, 4.69) is 147 Å². The minimum absolute atomic E-state index is 1.18. The van der Waals surface area contributed by atoms with Crippen molar-refractivity contribution in [2.24, 2.45) is 0 Å². The largest absolute Gasteiger partial charge is 0.0654 e. The fraction of sp³-hybridized carbons (Fsp3) is 0.261. The first-order valence-electron chi connectivity index (χ1n) is 17.6. The van der Waals surface area contributed by atoms with Crippen molar-refractivity contribution in [1.82, 2.24) is 0 Å². The van der Waals surface area contributed by atoms with Crippen LogP contribution in [0.5, 0.6) is 0 Å². The van der Waals surface area contributed by atoms with Crippen LogP contribution in [0.15, 0.2) is 109 Å². The van der Waals surface area contributed by atoms with Crippen molar-refractivity contribution >= 4 is 56.6 Å². The van der Waals surface area contributed by atoms with Crippen LogP contribution in [0.4, 0.5) is 0 Å². The Labute approximate surface area is 276 Å². The lowest BCUT2D eigenvalue weighted by Crippen LogP contribution is -1.86. The summed E-state index contributed by atoms with van der Waals surface area (Å²) in [7, 11) is 0. The maximum Gasteiger partial charge on any atom is -0.00930 e. The van der Waals surface area contributed by atoms with Gasteiger partial charge in [0.15, 0.2) is 0 Å². The van der Waals surface area contributed by atoms with E-state index in [1.54, 1.807) is 0 Å². The molecule has 0 aliphatic rings. The molecule has 0 aliphatic carbocycles. The molecule has 0 atom stereocenters. The molecule has 0 amide bonds. The van der Waals surface area contributed by atoms with Crippen LogP contribution in [0.3, 0.4) is 0 Å². The fourth-order valence-corrected chi connectivity index (χ4v) is 6.69. The normalized spacial score (nSPS) is 12.0. The summed E-state index contributed by atoms with van der Waals surface area (Å²) in [6.45, 7) is 4.54. The molecule has 0 saturated carbocycles. The maximum absolute atomic E-state index is 2.36. The summed E-state index contributed by atoms with van der Waals surface area (Å²) in [5, 5.41) is 7.86. The van der Waals surface area contributed by atoms with Crippen LogP contribution in [0.2, 0.25) is 0 Å². The lowest BCUT2D eigenvalue weighted by atomic mass is 9.92. The summed E-state index contributed by atoms with van der Waals surface area (Å²) in [5.74, 6) is 0. The van der Waals surface area contributed by atoms with Gasteiger partial charge in [0.2, 0.25) is 0 Å². The van der Waals surface area contributed by atoms with Crippen LogP contribution in [0, 0.1) is 0 Å². The molecular formula is C46H48. The van der Waals surface area contributed by atoms with E-state index in [1.807, 2.05) is 0 Å². The molecule has 0 saturated heterocycles. The molecule has 46 heavy (non-hydrogen) atoms. The third-order valence-corrected chi connectivity index (χ3v) is 9.42. The summed E-state index contributed by atoms with van der Waals surface area (Å²) in [6, 6.07) is 40.9. The molecule has 6 rings (SSSR count). The Hall–Kier alpha value is -4.42. The number of rotatable bonds is 14. The van der Waals surface area contributed by atoms with Crippen molar-refractivity contribution in [3.8, 4) is 0 Å². The Balaban J connectivity index is 1.22. The fourth-order valence-electron chi connectivity index (χ4n) is 6.69. The molecule has 0 unspecified atom stereocenters. The average Bonchev–Trinajstić information content (AvgIpc) is 3.11. The van der Waals surface area contributed by atoms with Gasteiger partial charge in [0.1, 0.15) is 0 Å². The summed E-state index contributed by atoms with van der Waals surface area (Å²) < 4.78 is 0. The first-order valence-corrected chi connectivity index (χ1v) is 17.6. The zero-order chi connectivity index (χ0) is 31.6. The van der Waals surface area contributed by atoms with Crippen molar-refractivity contribution in [3.63, 3.8) is 0 Å². The molecule has 0 heterocycles. The molecule has 0 aromatic heterocycles. The van der Waals surface area contributed by atoms with Crippen LogP contribution in [-0.4, -0.2) is 0 Å². The van der Waals surface area contributed by atoms with Gasteiger partial charge < -0.3 is 0 Å². The minimum Gasteiger partial charge on any atom is -0.0654 e. The molecule has 6 aromatic rings. The molecule has 0 nitrogen and oxygen atoms in total. The average molecular weight is 601 g/mol. The van der Waals surface area contributed by atoms with Crippen molar-refractivity contribution in [1.29, 1.82) is 0 Å². The van der Waals surface area contributed by atoms with Gasteiger partial charge in [-0.3, -0.25) is 0 Å². The van der Waals surface area contributed by atoms with Gasteiger partial charge in [0, 0.05) is 0 Å². The summed E-state index contributed by atoms with van der Waals surface area (Å²) in [6.07, 6.45) is 21.8. The minimum atomic E-state index is 1.18. The first kappa shape index (κ1) is 31.6. The second-order valence-electron chi connectivity index (χ2n) is 12.9. The van der Waals surface area contributed by atoms with Crippen molar-refractivity contribution < 1.29 is 0 Å². The van der Waals surface area contributed by atoms with E-state index in [9.17, 15) is 0 Å². The predicted octanol–water partition coefficient (Wildman–Crippen LogP) is 13.7. The summed E-state index contributed by atoms with van der Waals surface area (Å²) >= 11 is 0. The lowest BCUT2D eigenvalue weighted by molar-refractivity contribution is 0.667. The number of unbranched alkanes of at least 4 members (excludes halogenated alkanes) is 6. The summed E-state index contributed by atoms with van der Waals surface area (Å²) in [4.78, 5) is 0. The van der Waals surface area contributed by atoms with E-state index in [1.165, 1.54) is 130 Å². The van der Waals surface area contributed by atoms with Gasteiger partial charge in [-0.05, 0) is 104 Å². The molecule has 0 heteroatoms. The van der Waals surface area contributed by atoms with E-state index in [0.29, 0.717) is 0 Å². The van der Waals surface area contributed by atoms with E-state index >= 15 is 0 Å². The maximum atomic E-state index is 2.36. The van der Waals surface area contributed by atoms with Gasteiger partial charge in [-0.1, -0.05) is 174 Å². The molecule has 6 aromatic carbocycles. The highest BCUT2D eigenvalue weighted by molar-refractivity contribution is 6.25. The molecule has 0 bridgehead atoms. The molecule has 0 N–H and O–H groups in total. The van der Waals surface area contributed by atoms with Gasteiger partial charge >= 0.3 is 0 Å². The molecule has 0 radical (unpaired) electrons. The van der Waals surface area contributed by atoms with Gasteiger partial charge in [-0.25, -0.2) is 0 Å². The van der Waals surface area contributed by atoms with E-state index in [0.717, 1.165) is 0 Å². The van der Waals surface area contributed by atoms with E-state index < -0.39 is 0 Å². The van der Waals surface area contributed by atoms with Gasteiger partial charge in [0.05, 0.1) is 0 Å². The summed E-state index contributed by atoms with van der Waals surface area (Å²) in [5.41, 5.74) is 7.84. The highest BCUT2D eigenvalue weighted by Crippen LogP contribution is 2.36. The monoisotopic (exact) mass is 600 g/mol. The van der Waals surface area contributed by atoms with Crippen LogP contribution < -0.4 is 0 Å². The standard InChI is InChI=1S/C46H48/c1-3-5-7-9-13-35-17-21-37(22-18-35)25-27-39-29-31-43-44-32-30-40(34-46(44)42-16-12-11-15-41(42)45(43)33-39)28-26-38-23-19-36(20-24-38)14-10-8-6-4-2/h11-12,15-34H,3-10,13-14H2,1-2H3. The Morgan fingerprint density at radius 1 is 0.348 bits per heavy atom. The van der Waals surface area contributed by atoms with Gasteiger partial charge in [-0.15, -0.1) is 0 Å². The van der Waals surface area contributed by atoms with Crippen molar-refractivity contribution in [3.05, 3.63) is 143 Å². The highest BCUT2D eigenvalue weighted by Gasteiger charge is 2.09. The smallest absolute Gasteiger partial charge is 0.00930 e. The number of fused-ring (bicyclic) bond motifs is 6. The molecular weight excluding hydrogens is 553 g/mol. The Kier molecular flexibility index (Phi) is 10.8. The second kappa shape index (κ2) is 15.7. The topological polar surface area (TPSA) is 0 Å². The molecule has 0 aliphatic heterocycles. The third-order valence-electron chi connectivity index (χ3n) is 9.42. The quantitative estimate of drug-likeness (QED) is 0.0663. The van der Waals surface area contributed by atoms with Crippen LogP contribution in [0.25, 0.3) is 56.6 Å². The zero-order valence-electron chi connectivity index (χ0n) is 27.8. The third kappa shape index (κ3) is 7.86. The first-order chi connectivity index (χ1) is 22.7. The van der Waals surface area contributed by atoms with E-state index in [-0.39, 0.29) is 0 Å². The van der Waals surface area contributed by atoms with Crippen LogP contribution in [-0.2, 0) is 12.8 Å². The van der Waals surface area contributed by atoms with Gasteiger partial charge in [0.25, 0.3) is 0 Å². The van der Waals surface area contributed by atoms with Crippen LogP contribution >= 0.6 is 0 Å². The second-order valence-corrected chi connectivity index (χ2v) is 12.9. The SMILES string of the molecule is CCCCCCc1ccc(C=Cc2ccc3c4ccc(C=Cc5ccc(CCCCCC)cc5)cc4c4ccccc4c3c2)cc1. The Morgan fingerprint density at radius 2 is 0.717 bits per heavy atom. The lowest BCUT2D eigenvalue weighted by Gasteiger charge is -2.12. The zero-order valence-corrected chi connectivity index (χ0v) is 27.8. The number of benzene rings is 6. The van der Waals surface area contributed by atoms with Gasteiger partial charge in [-0.2, -0.15) is 0 Å². The Morgan fingerprint density at radius 3 is 1.13 bits per heavy atom. The van der Waals surface area contributed by atoms with E-state index in [4.69, 9.17) is 0 Å². The number of hydrogen-bond donors (Lipinski definition) is 0. The van der Waals surface area contributed by atoms with Crippen molar-refractivity contribution in [2.45, 2.75) is 78.1 Å². The molecule has 232 valence electrons. The number of hydrogen-bond acceptors (Lipinski definition) is 0. The van der Waals surface area contributed by atoms with Crippen molar-refractivity contribution in [2.75, 3.05) is 0 Å². The Bertz CT molecular complexity index is 1770. The highest BCUT2D eigenvalue weighted by atomic mass is 14.1. The molecule has 0 spiro atoms. The predicted molar refractivity (Wildman–Crippen MR) is 205 cm³/mol. The molecule has 0 fully saturated rings.